The fourth-order valence-corrected chi connectivity index (χ4v) is 4.71. The molecule has 2 atom stereocenters. The highest BCUT2D eigenvalue weighted by Gasteiger charge is 2.34. The van der Waals surface area contributed by atoms with Gasteiger partial charge in [0.1, 0.15) is 22.6 Å². The van der Waals surface area contributed by atoms with Crippen LogP contribution in [0.25, 0.3) is 0 Å². The number of H-pyrrole nitrogens is 2. The Morgan fingerprint density at radius 1 is 1.05 bits per heavy atom. The summed E-state index contributed by atoms with van der Waals surface area (Å²) in [6.45, 7) is 0. The first-order valence-corrected chi connectivity index (χ1v) is 12.0. The lowest BCUT2D eigenvalue weighted by atomic mass is 10.0. The topological polar surface area (TPSA) is 195 Å². The molecule has 2 unspecified atom stereocenters. The van der Waals surface area contributed by atoms with E-state index in [0.717, 1.165) is 11.8 Å². The van der Waals surface area contributed by atoms with E-state index in [4.69, 9.17) is 9.47 Å². The third kappa shape index (κ3) is 5.81. The number of hydrogen-bond donors (Lipinski definition) is 6. The summed E-state index contributed by atoms with van der Waals surface area (Å²) < 4.78 is 10.4. The Morgan fingerprint density at radius 3 is 2.42 bits per heavy atom. The molecule has 0 spiro atoms. The van der Waals surface area contributed by atoms with E-state index in [1.807, 2.05) is 4.98 Å². The van der Waals surface area contributed by atoms with Crippen LogP contribution in [-0.2, 0) is 9.59 Å². The van der Waals surface area contributed by atoms with Gasteiger partial charge in [-0.05, 0) is 29.8 Å². The van der Waals surface area contributed by atoms with Gasteiger partial charge in [-0.2, -0.15) is 0 Å². The number of amidine groups is 1. The number of methoxy groups -OCH3 is 2. The Balaban J connectivity index is 1.55. The Labute approximate surface area is 218 Å². The third-order valence-corrected chi connectivity index (χ3v) is 6.60. The predicted molar refractivity (Wildman–Crippen MR) is 139 cm³/mol. The van der Waals surface area contributed by atoms with Gasteiger partial charge in [0.25, 0.3) is 5.56 Å². The number of ether oxygens (including phenoxy) is 2. The number of rotatable bonds is 8. The molecule has 1 saturated heterocycles. The van der Waals surface area contributed by atoms with Crippen molar-refractivity contribution in [2.75, 3.05) is 19.5 Å². The van der Waals surface area contributed by atoms with Crippen LogP contribution in [0.15, 0.2) is 57.0 Å². The summed E-state index contributed by atoms with van der Waals surface area (Å²) in [4.78, 5) is 57.9. The zero-order valence-electron chi connectivity index (χ0n) is 20.1. The number of aromatic nitrogens is 2. The first kappa shape index (κ1) is 26.3. The first-order valence-electron chi connectivity index (χ1n) is 11.1. The van der Waals surface area contributed by atoms with Crippen LogP contribution in [0.3, 0.4) is 0 Å². The van der Waals surface area contributed by atoms with Crippen molar-refractivity contribution >= 4 is 34.4 Å². The van der Waals surface area contributed by atoms with Crippen LogP contribution in [0, 0.1) is 0 Å². The number of phenolic OH excluding ortho intramolecular Hbond substituents is 1. The molecule has 13 nitrogen and oxygen atoms in total. The van der Waals surface area contributed by atoms with Crippen molar-refractivity contribution in [2.45, 2.75) is 17.7 Å². The number of carbonyl (C=O) groups excluding carboxylic acids is 2. The molecule has 1 aliphatic heterocycles. The third-order valence-electron chi connectivity index (χ3n) is 5.50. The predicted octanol–water partition coefficient (Wildman–Crippen LogP) is 1.20. The van der Waals surface area contributed by atoms with Crippen molar-refractivity contribution in [3.05, 3.63) is 74.4 Å². The van der Waals surface area contributed by atoms with Crippen molar-refractivity contribution in [3.63, 3.8) is 0 Å². The molecule has 14 heteroatoms. The molecule has 6 N–H and O–H groups in total. The molecular weight excluding hydrogens is 518 g/mol. The summed E-state index contributed by atoms with van der Waals surface area (Å²) in [7, 11) is 2.96. The van der Waals surface area contributed by atoms with E-state index in [9.17, 15) is 29.4 Å². The fourth-order valence-electron chi connectivity index (χ4n) is 3.71. The number of anilines is 1. The van der Waals surface area contributed by atoms with Gasteiger partial charge in [0.2, 0.25) is 17.7 Å². The van der Waals surface area contributed by atoms with E-state index >= 15 is 0 Å². The van der Waals surface area contributed by atoms with Gasteiger partial charge in [0, 0.05) is 18.2 Å². The van der Waals surface area contributed by atoms with Gasteiger partial charge >= 0.3 is 5.69 Å². The SMILES string of the molecule is COc1ccc(NC(=O)CC2SC(=NC(c3ccc(O)cc3)c3c(O)[nH]c(=O)[nH]c3=O)NC2=O)cc1OC. The lowest BCUT2D eigenvalue weighted by Gasteiger charge is -2.14. The highest BCUT2D eigenvalue weighted by molar-refractivity contribution is 8.15. The maximum absolute atomic E-state index is 12.6. The summed E-state index contributed by atoms with van der Waals surface area (Å²) in [6, 6.07) is 9.37. The number of nitrogens with zero attached hydrogens (tertiary/aromatic N) is 1. The summed E-state index contributed by atoms with van der Waals surface area (Å²) >= 11 is 0.976. The van der Waals surface area contributed by atoms with E-state index in [2.05, 4.69) is 20.6 Å². The number of aromatic hydroxyl groups is 2. The molecular formula is C24H23N5O8S. The zero-order chi connectivity index (χ0) is 27.4. The van der Waals surface area contributed by atoms with Gasteiger partial charge in [-0.3, -0.25) is 24.4 Å². The highest BCUT2D eigenvalue weighted by atomic mass is 32.2. The highest BCUT2D eigenvalue weighted by Crippen LogP contribution is 2.33. The van der Waals surface area contributed by atoms with Gasteiger partial charge in [0.05, 0.1) is 14.2 Å². The average Bonchev–Trinajstić information content (AvgIpc) is 3.21. The van der Waals surface area contributed by atoms with Crippen LogP contribution in [-0.4, -0.2) is 56.6 Å². The minimum absolute atomic E-state index is 0.0381. The van der Waals surface area contributed by atoms with Crippen LogP contribution >= 0.6 is 11.8 Å². The molecule has 2 amide bonds. The van der Waals surface area contributed by atoms with Crippen LogP contribution in [0.5, 0.6) is 23.1 Å². The molecule has 3 aromatic rings. The lowest BCUT2D eigenvalue weighted by Crippen LogP contribution is -2.29. The molecule has 0 radical (unpaired) electrons. The average molecular weight is 542 g/mol. The quantitative estimate of drug-likeness (QED) is 0.243. The first-order chi connectivity index (χ1) is 18.2. The van der Waals surface area contributed by atoms with E-state index in [-0.39, 0.29) is 22.9 Å². The minimum atomic E-state index is -1.15. The number of amides is 2. The molecule has 1 fully saturated rings. The second-order valence-corrected chi connectivity index (χ2v) is 9.21. The number of aliphatic imine (C=N–C) groups is 1. The number of hydrogen-bond acceptors (Lipinski definition) is 10. The van der Waals surface area contributed by atoms with Crippen molar-refractivity contribution in [2.24, 2.45) is 4.99 Å². The monoisotopic (exact) mass is 541 g/mol. The maximum atomic E-state index is 12.6. The Morgan fingerprint density at radius 2 is 1.76 bits per heavy atom. The molecule has 0 bridgehead atoms. The molecule has 38 heavy (non-hydrogen) atoms. The minimum Gasteiger partial charge on any atom is -0.508 e. The summed E-state index contributed by atoms with van der Waals surface area (Å²) in [5.74, 6) is -0.720. The van der Waals surface area contributed by atoms with Crippen molar-refractivity contribution in [1.82, 2.24) is 15.3 Å². The van der Waals surface area contributed by atoms with Gasteiger partial charge in [-0.15, -0.1) is 0 Å². The second-order valence-electron chi connectivity index (χ2n) is 8.02. The van der Waals surface area contributed by atoms with Gasteiger partial charge in [0.15, 0.2) is 16.7 Å². The van der Waals surface area contributed by atoms with Crippen LogP contribution < -0.4 is 31.4 Å². The van der Waals surface area contributed by atoms with Gasteiger partial charge in [-0.1, -0.05) is 23.9 Å². The number of carbonyl (C=O) groups is 2. The molecule has 2 aromatic carbocycles. The number of benzene rings is 2. The molecule has 198 valence electrons. The molecule has 2 heterocycles. The standard InChI is InChI=1S/C24H23N5O8S/c1-36-14-8-5-12(9-15(14)37-2)25-17(31)10-16-20(32)29-24(38-16)26-19(11-3-6-13(30)7-4-11)18-21(33)27-23(35)28-22(18)34/h3-9,16,19,30H,10H2,1-2H3,(H,25,31)(H,26,29,32)(H3,27,28,33,34,35). The summed E-state index contributed by atoms with van der Waals surface area (Å²) in [5.41, 5.74) is -1.23. The van der Waals surface area contributed by atoms with E-state index < -0.39 is 40.2 Å². The van der Waals surface area contributed by atoms with Crippen molar-refractivity contribution in [3.8, 4) is 23.1 Å². The smallest absolute Gasteiger partial charge is 0.328 e. The molecule has 0 saturated carbocycles. The largest absolute Gasteiger partial charge is 0.508 e. The van der Waals surface area contributed by atoms with Crippen molar-refractivity contribution < 1.29 is 29.3 Å². The summed E-state index contributed by atoms with van der Waals surface area (Å²) in [5, 5.41) is 24.5. The van der Waals surface area contributed by atoms with Gasteiger partial charge < -0.3 is 30.3 Å². The fraction of sp³-hybridized carbons (Fsp3) is 0.208. The summed E-state index contributed by atoms with van der Waals surface area (Å²) in [6.07, 6.45) is -0.182. The number of phenols is 1. The molecule has 1 aliphatic rings. The normalized spacial score (nSPS) is 16.6. The number of thioether (sulfide) groups is 1. The molecule has 1 aromatic heterocycles. The Kier molecular flexibility index (Phi) is 7.71. The second kappa shape index (κ2) is 11.1. The lowest BCUT2D eigenvalue weighted by molar-refractivity contribution is -0.122. The Hall–Kier alpha value is -4.72. The van der Waals surface area contributed by atoms with E-state index in [1.165, 1.54) is 38.5 Å². The van der Waals surface area contributed by atoms with Gasteiger partial charge in [-0.25, -0.2) is 9.79 Å². The maximum Gasteiger partial charge on any atom is 0.328 e. The van der Waals surface area contributed by atoms with Crippen molar-refractivity contribution in [1.29, 1.82) is 0 Å². The van der Waals surface area contributed by atoms with Crippen LogP contribution in [0.2, 0.25) is 0 Å². The number of nitrogens with one attached hydrogen (secondary N) is 4. The van der Waals surface area contributed by atoms with E-state index in [1.54, 1.807) is 18.2 Å². The molecule has 0 aliphatic carbocycles. The Bertz CT molecular complexity index is 1520. The molecule has 4 rings (SSSR count). The number of aromatic amines is 2. The zero-order valence-corrected chi connectivity index (χ0v) is 20.9. The van der Waals surface area contributed by atoms with E-state index in [0.29, 0.717) is 22.7 Å². The van der Waals surface area contributed by atoms with Crippen LogP contribution in [0.4, 0.5) is 5.69 Å². The van der Waals surface area contributed by atoms with Crippen LogP contribution in [0.1, 0.15) is 23.6 Å².